The van der Waals surface area contributed by atoms with Gasteiger partial charge in [-0.1, -0.05) is 23.7 Å². The van der Waals surface area contributed by atoms with Gasteiger partial charge in [0.1, 0.15) is 12.4 Å². The summed E-state index contributed by atoms with van der Waals surface area (Å²) in [5.74, 6) is 0.872. The summed E-state index contributed by atoms with van der Waals surface area (Å²) in [5, 5.41) is 0.744. The van der Waals surface area contributed by atoms with E-state index in [0.29, 0.717) is 6.61 Å². The molecular formula is C14H15ClNO+. The van der Waals surface area contributed by atoms with Gasteiger partial charge in [0.2, 0.25) is 0 Å². The van der Waals surface area contributed by atoms with Crippen LogP contribution in [0.2, 0.25) is 5.02 Å². The molecule has 0 heterocycles. The predicted octanol–water partition coefficient (Wildman–Crippen LogP) is 2.66. The van der Waals surface area contributed by atoms with Crippen molar-refractivity contribution >= 4 is 11.6 Å². The van der Waals surface area contributed by atoms with Crippen molar-refractivity contribution in [1.29, 1.82) is 0 Å². The number of halogens is 1. The molecule has 2 rings (SSSR count). The Kier molecular flexibility index (Phi) is 4.02. The van der Waals surface area contributed by atoms with Gasteiger partial charge in [-0.2, -0.15) is 0 Å². The zero-order valence-corrected chi connectivity index (χ0v) is 10.3. The van der Waals surface area contributed by atoms with Crippen molar-refractivity contribution in [3.63, 3.8) is 0 Å². The maximum atomic E-state index is 5.82. The van der Waals surface area contributed by atoms with Crippen LogP contribution in [-0.2, 0) is 13.2 Å². The number of ether oxygens (including phenoxy) is 1. The van der Waals surface area contributed by atoms with E-state index < -0.39 is 0 Å². The highest BCUT2D eigenvalue weighted by molar-refractivity contribution is 6.30. The van der Waals surface area contributed by atoms with Crippen LogP contribution in [0.1, 0.15) is 11.1 Å². The molecule has 0 aliphatic heterocycles. The molecule has 0 atom stereocenters. The largest absolute Gasteiger partial charge is 0.489 e. The summed E-state index contributed by atoms with van der Waals surface area (Å²) in [6.07, 6.45) is 0. The van der Waals surface area contributed by atoms with E-state index in [9.17, 15) is 0 Å². The fourth-order valence-electron chi connectivity index (χ4n) is 1.50. The summed E-state index contributed by atoms with van der Waals surface area (Å²) in [5.41, 5.74) is 6.15. The average Bonchev–Trinajstić information content (AvgIpc) is 2.39. The molecule has 0 unspecified atom stereocenters. The summed E-state index contributed by atoms with van der Waals surface area (Å²) in [6.45, 7) is 1.36. The molecule has 17 heavy (non-hydrogen) atoms. The van der Waals surface area contributed by atoms with Crippen molar-refractivity contribution < 1.29 is 10.5 Å². The van der Waals surface area contributed by atoms with E-state index in [4.69, 9.17) is 16.3 Å². The van der Waals surface area contributed by atoms with Crippen LogP contribution in [0.25, 0.3) is 0 Å². The number of hydrogen-bond donors (Lipinski definition) is 1. The molecule has 0 aliphatic rings. The molecule has 0 saturated heterocycles. The summed E-state index contributed by atoms with van der Waals surface area (Å²) in [4.78, 5) is 0. The van der Waals surface area contributed by atoms with E-state index in [2.05, 4.69) is 5.73 Å². The lowest BCUT2D eigenvalue weighted by molar-refractivity contribution is -0.386. The molecule has 0 radical (unpaired) electrons. The van der Waals surface area contributed by atoms with E-state index in [-0.39, 0.29) is 0 Å². The smallest absolute Gasteiger partial charge is 0.119 e. The van der Waals surface area contributed by atoms with Crippen molar-refractivity contribution in [2.75, 3.05) is 0 Å². The second-order valence-electron chi connectivity index (χ2n) is 3.81. The van der Waals surface area contributed by atoms with Crippen molar-refractivity contribution in [2.24, 2.45) is 0 Å². The zero-order chi connectivity index (χ0) is 12.1. The van der Waals surface area contributed by atoms with Gasteiger partial charge < -0.3 is 10.5 Å². The quantitative estimate of drug-likeness (QED) is 0.888. The third kappa shape index (κ3) is 3.48. The molecular weight excluding hydrogens is 234 g/mol. The first-order chi connectivity index (χ1) is 8.28. The van der Waals surface area contributed by atoms with Crippen molar-refractivity contribution in [3.05, 3.63) is 64.7 Å². The number of quaternary nitrogens is 1. The Balaban J connectivity index is 1.95. The molecule has 0 aromatic heterocycles. The molecule has 0 bridgehead atoms. The fraction of sp³-hybridized carbons (Fsp3) is 0.143. The molecule has 3 N–H and O–H groups in total. The van der Waals surface area contributed by atoms with Crippen molar-refractivity contribution in [1.82, 2.24) is 0 Å². The summed E-state index contributed by atoms with van der Waals surface area (Å²) in [6, 6.07) is 15.7. The second kappa shape index (κ2) is 5.71. The Hall–Kier alpha value is -1.51. The highest BCUT2D eigenvalue weighted by Gasteiger charge is 1.97. The molecule has 88 valence electrons. The van der Waals surface area contributed by atoms with Crippen molar-refractivity contribution in [2.45, 2.75) is 13.2 Å². The van der Waals surface area contributed by atoms with Gasteiger partial charge in [-0.05, 0) is 42.0 Å². The predicted molar refractivity (Wildman–Crippen MR) is 68.8 cm³/mol. The number of benzene rings is 2. The Bertz CT molecular complexity index is 465. The average molecular weight is 249 g/mol. The van der Waals surface area contributed by atoms with Crippen LogP contribution in [0.5, 0.6) is 5.75 Å². The summed E-state index contributed by atoms with van der Waals surface area (Å²) >= 11 is 5.82. The maximum absolute atomic E-state index is 5.82. The van der Waals surface area contributed by atoms with Crippen LogP contribution in [0, 0.1) is 0 Å². The minimum absolute atomic E-state index is 0.556. The van der Waals surface area contributed by atoms with E-state index in [1.165, 1.54) is 5.56 Å². The fourth-order valence-corrected chi connectivity index (χ4v) is 1.63. The molecule has 2 aromatic rings. The lowest BCUT2D eigenvalue weighted by atomic mass is 10.2. The topological polar surface area (TPSA) is 36.9 Å². The molecule has 0 spiro atoms. The highest BCUT2D eigenvalue weighted by Crippen LogP contribution is 2.15. The van der Waals surface area contributed by atoms with E-state index in [1.54, 1.807) is 0 Å². The monoisotopic (exact) mass is 248 g/mol. The van der Waals surface area contributed by atoms with Crippen LogP contribution < -0.4 is 10.5 Å². The van der Waals surface area contributed by atoms with Crippen LogP contribution in [0.4, 0.5) is 0 Å². The highest BCUT2D eigenvalue weighted by atomic mass is 35.5. The first-order valence-corrected chi connectivity index (χ1v) is 5.91. The number of rotatable bonds is 4. The third-order valence-corrected chi connectivity index (χ3v) is 2.78. The number of hydrogen-bond acceptors (Lipinski definition) is 1. The normalized spacial score (nSPS) is 10.2. The van der Waals surface area contributed by atoms with Gasteiger partial charge in [0.15, 0.2) is 0 Å². The van der Waals surface area contributed by atoms with Gasteiger partial charge in [0, 0.05) is 10.6 Å². The van der Waals surface area contributed by atoms with E-state index in [0.717, 1.165) is 22.9 Å². The van der Waals surface area contributed by atoms with Crippen molar-refractivity contribution in [3.8, 4) is 5.75 Å². The van der Waals surface area contributed by atoms with Crippen LogP contribution in [0.3, 0.4) is 0 Å². The van der Waals surface area contributed by atoms with Gasteiger partial charge in [-0.25, -0.2) is 0 Å². The second-order valence-corrected chi connectivity index (χ2v) is 4.25. The standard InChI is InChI=1S/C14H14ClNO/c15-13-5-1-12(2-6-13)10-17-14-7-3-11(9-16)4-8-14/h1-8H,9-10,16H2/p+1. The van der Waals surface area contributed by atoms with E-state index >= 15 is 0 Å². The van der Waals surface area contributed by atoms with Crippen LogP contribution in [0.15, 0.2) is 48.5 Å². The molecule has 3 heteroatoms. The van der Waals surface area contributed by atoms with Gasteiger partial charge >= 0.3 is 0 Å². The Morgan fingerprint density at radius 2 is 1.47 bits per heavy atom. The maximum Gasteiger partial charge on any atom is 0.119 e. The molecule has 0 aliphatic carbocycles. The minimum atomic E-state index is 0.556. The van der Waals surface area contributed by atoms with Gasteiger partial charge in [0.25, 0.3) is 0 Å². The van der Waals surface area contributed by atoms with Gasteiger partial charge in [0.05, 0.1) is 6.54 Å². The minimum Gasteiger partial charge on any atom is -0.489 e. The molecule has 0 fully saturated rings. The van der Waals surface area contributed by atoms with Gasteiger partial charge in [-0.3, -0.25) is 0 Å². The summed E-state index contributed by atoms with van der Waals surface area (Å²) in [7, 11) is 0. The molecule has 2 nitrogen and oxygen atoms in total. The molecule has 2 aromatic carbocycles. The first-order valence-electron chi connectivity index (χ1n) is 5.53. The molecule has 0 amide bonds. The van der Waals surface area contributed by atoms with Gasteiger partial charge in [-0.15, -0.1) is 0 Å². The first kappa shape index (κ1) is 12.0. The Morgan fingerprint density at radius 1 is 0.882 bits per heavy atom. The Morgan fingerprint density at radius 3 is 2.06 bits per heavy atom. The van der Waals surface area contributed by atoms with E-state index in [1.807, 2.05) is 48.5 Å². The van der Waals surface area contributed by atoms with Crippen LogP contribution >= 0.6 is 11.6 Å². The third-order valence-electron chi connectivity index (χ3n) is 2.53. The zero-order valence-electron chi connectivity index (χ0n) is 9.53. The molecule has 0 saturated carbocycles. The lowest BCUT2D eigenvalue weighted by Gasteiger charge is -2.06. The Labute approximate surface area is 106 Å². The SMILES string of the molecule is [NH3+]Cc1ccc(OCc2ccc(Cl)cc2)cc1. The summed E-state index contributed by atoms with van der Waals surface area (Å²) < 4.78 is 5.67. The van der Waals surface area contributed by atoms with Crippen LogP contribution in [-0.4, -0.2) is 0 Å². The lowest BCUT2D eigenvalue weighted by Crippen LogP contribution is -2.47.